The molecule has 0 aromatic carbocycles. The first-order chi connectivity index (χ1) is 6.84. The highest BCUT2D eigenvalue weighted by atomic mass is 32.2. The smallest absolute Gasteiger partial charge is 0.321 e. The summed E-state index contributed by atoms with van der Waals surface area (Å²) >= 11 is 0. The Balaban J connectivity index is 4.08. The molecule has 0 amide bonds. The Morgan fingerprint density at radius 2 is 1.87 bits per heavy atom. The van der Waals surface area contributed by atoms with Crippen molar-refractivity contribution in [2.45, 2.75) is 38.5 Å². The second kappa shape index (κ2) is 6.55. The monoisotopic (exact) mass is 236 g/mol. The molecule has 0 spiro atoms. The molecule has 0 rings (SSSR count). The van der Waals surface area contributed by atoms with E-state index in [9.17, 15) is 13.8 Å². The van der Waals surface area contributed by atoms with Gasteiger partial charge in [-0.05, 0) is 20.8 Å². The Kier molecular flexibility index (Phi) is 6.15. The predicted molar refractivity (Wildman–Crippen MR) is 56.0 cm³/mol. The number of carbonyl (C=O) groups is 2. The molecule has 2 unspecified atom stereocenters. The van der Waals surface area contributed by atoms with Crippen molar-refractivity contribution in [2.75, 3.05) is 5.75 Å². The van der Waals surface area contributed by atoms with Crippen LogP contribution in [0, 0.1) is 0 Å². The highest BCUT2D eigenvalue weighted by Gasteiger charge is 2.22. The minimum atomic E-state index is -1.49. The van der Waals surface area contributed by atoms with Crippen LogP contribution in [0.25, 0.3) is 0 Å². The fourth-order valence-electron chi connectivity index (χ4n) is 0.800. The topological polar surface area (TPSA) is 80.7 Å². The van der Waals surface area contributed by atoms with E-state index in [2.05, 4.69) is 0 Å². The predicted octanol–water partition coefficient (Wildman–Crippen LogP) is 0.550. The van der Waals surface area contributed by atoms with E-state index in [0.717, 1.165) is 0 Å². The van der Waals surface area contributed by atoms with Crippen molar-refractivity contribution in [1.29, 1.82) is 0 Å². The lowest BCUT2D eigenvalue weighted by atomic mass is 10.4. The molecule has 0 bridgehead atoms. The van der Waals surface area contributed by atoms with Crippen LogP contribution in [-0.2, 0) is 25.1 Å². The van der Waals surface area contributed by atoms with Crippen LogP contribution in [0.4, 0.5) is 0 Å². The van der Waals surface area contributed by atoms with Crippen molar-refractivity contribution in [3.8, 4) is 0 Å². The maximum Gasteiger partial charge on any atom is 0.321 e. The van der Waals surface area contributed by atoms with Gasteiger partial charge < -0.3 is 9.84 Å². The van der Waals surface area contributed by atoms with Crippen molar-refractivity contribution in [1.82, 2.24) is 0 Å². The summed E-state index contributed by atoms with van der Waals surface area (Å²) in [5.74, 6) is -1.59. The van der Waals surface area contributed by atoms with E-state index in [1.54, 1.807) is 13.8 Å². The van der Waals surface area contributed by atoms with Crippen molar-refractivity contribution in [2.24, 2.45) is 0 Å². The molecule has 88 valence electrons. The minimum Gasteiger partial charge on any atom is -0.481 e. The van der Waals surface area contributed by atoms with Crippen LogP contribution < -0.4 is 0 Å². The molecule has 15 heavy (non-hydrogen) atoms. The van der Waals surface area contributed by atoms with E-state index >= 15 is 0 Å². The molecule has 0 saturated carbocycles. The van der Waals surface area contributed by atoms with Crippen LogP contribution >= 0.6 is 0 Å². The molecule has 0 radical (unpaired) electrons. The molecule has 0 aliphatic rings. The normalized spacial score (nSPS) is 14.7. The van der Waals surface area contributed by atoms with Gasteiger partial charge in [-0.15, -0.1) is 0 Å². The van der Waals surface area contributed by atoms with E-state index in [-0.39, 0.29) is 18.3 Å². The molecular formula is C9H16O5S. The second-order valence-corrected chi connectivity index (χ2v) is 5.23. The van der Waals surface area contributed by atoms with Gasteiger partial charge >= 0.3 is 11.9 Å². The van der Waals surface area contributed by atoms with Gasteiger partial charge in [0.15, 0.2) is 0 Å². The third-order valence-corrected chi connectivity index (χ3v) is 3.18. The molecule has 0 aliphatic heterocycles. The molecule has 5 nitrogen and oxygen atoms in total. The number of hydrogen-bond acceptors (Lipinski definition) is 4. The van der Waals surface area contributed by atoms with Crippen molar-refractivity contribution in [3.63, 3.8) is 0 Å². The number of carboxylic acids is 1. The fraction of sp³-hybridized carbons (Fsp3) is 0.778. The summed E-state index contributed by atoms with van der Waals surface area (Å²) in [6.45, 7) is 4.87. The molecule has 0 aliphatic carbocycles. The maximum atomic E-state index is 11.4. The van der Waals surface area contributed by atoms with Crippen LogP contribution in [-0.4, -0.2) is 38.4 Å². The first kappa shape index (κ1) is 14.1. The van der Waals surface area contributed by atoms with Crippen molar-refractivity contribution < 1.29 is 23.6 Å². The standard InChI is InChI=1S/C9H16O5S/c1-6(2)14-9(12)7(3)15(13)5-4-8(10)11/h6-7H,4-5H2,1-3H3,(H,10,11). The van der Waals surface area contributed by atoms with Gasteiger partial charge in [0, 0.05) is 16.6 Å². The summed E-state index contributed by atoms with van der Waals surface area (Å²) in [5, 5.41) is 7.61. The molecule has 6 heteroatoms. The number of carboxylic acid groups (broad SMARTS) is 1. The number of rotatable bonds is 6. The number of ether oxygens (including phenoxy) is 1. The van der Waals surface area contributed by atoms with E-state index < -0.39 is 28.0 Å². The minimum absolute atomic E-state index is 0.0241. The van der Waals surface area contributed by atoms with Crippen LogP contribution in [0.3, 0.4) is 0 Å². The van der Waals surface area contributed by atoms with E-state index in [0.29, 0.717) is 0 Å². The van der Waals surface area contributed by atoms with E-state index in [4.69, 9.17) is 9.84 Å². The molecule has 2 atom stereocenters. The molecule has 0 aromatic rings. The Bertz CT molecular complexity index is 261. The lowest BCUT2D eigenvalue weighted by Crippen LogP contribution is -2.29. The summed E-state index contributed by atoms with van der Waals surface area (Å²) in [6.07, 6.45) is -0.456. The number of hydrogen-bond donors (Lipinski definition) is 1. The third-order valence-electron chi connectivity index (χ3n) is 1.60. The molecule has 0 fully saturated rings. The van der Waals surface area contributed by atoms with Gasteiger partial charge in [0.2, 0.25) is 0 Å². The zero-order valence-electron chi connectivity index (χ0n) is 9.06. The zero-order chi connectivity index (χ0) is 12.0. The lowest BCUT2D eigenvalue weighted by molar-refractivity contribution is -0.146. The van der Waals surface area contributed by atoms with Crippen LogP contribution in [0.2, 0.25) is 0 Å². The van der Waals surface area contributed by atoms with Gasteiger partial charge in [0.05, 0.1) is 12.5 Å². The molecule has 0 heterocycles. The van der Waals surface area contributed by atoms with Crippen LogP contribution in [0.1, 0.15) is 27.2 Å². The molecule has 0 saturated heterocycles. The van der Waals surface area contributed by atoms with Crippen LogP contribution in [0.15, 0.2) is 0 Å². The molecule has 1 N–H and O–H groups in total. The maximum absolute atomic E-state index is 11.4. The summed E-state index contributed by atoms with van der Waals surface area (Å²) in [6, 6.07) is 0. The number of carbonyl (C=O) groups excluding carboxylic acids is 1. The van der Waals surface area contributed by atoms with Gasteiger partial charge in [-0.2, -0.15) is 0 Å². The van der Waals surface area contributed by atoms with E-state index in [1.165, 1.54) is 6.92 Å². The number of esters is 1. The Morgan fingerprint density at radius 3 is 2.27 bits per heavy atom. The first-order valence-electron chi connectivity index (χ1n) is 4.64. The Hall–Kier alpha value is -0.910. The van der Waals surface area contributed by atoms with Gasteiger partial charge in [-0.25, -0.2) is 0 Å². The fourth-order valence-corrected chi connectivity index (χ4v) is 1.80. The SMILES string of the molecule is CC(C)OC(=O)C(C)S(=O)CCC(=O)O. The van der Waals surface area contributed by atoms with Gasteiger partial charge in [-0.3, -0.25) is 13.8 Å². The highest BCUT2D eigenvalue weighted by Crippen LogP contribution is 2.03. The van der Waals surface area contributed by atoms with Crippen molar-refractivity contribution >= 4 is 22.7 Å². The van der Waals surface area contributed by atoms with Crippen molar-refractivity contribution in [3.05, 3.63) is 0 Å². The van der Waals surface area contributed by atoms with Gasteiger partial charge in [-0.1, -0.05) is 0 Å². The summed E-state index contributed by atoms with van der Waals surface area (Å²) in [5.41, 5.74) is 0. The third kappa shape index (κ3) is 6.22. The Labute approximate surface area is 91.3 Å². The highest BCUT2D eigenvalue weighted by molar-refractivity contribution is 7.86. The summed E-state index contributed by atoms with van der Waals surface area (Å²) in [4.78, 5) is 21.5. The van der Waals surface area contributed by atoms with Crippen LogP contribution in [0.5, 0.6) is 0 Å². The Morgan fingerprint density at radius 1 is 1.33 bits per heavy atom. The van der Waals surface area contributed by atoms with E-state index in [1.807, 2.05) is 0 Å². The summed E-state index contributed by atoms with van der Waals surface area (Å²) in [7, 11) is -1.49. The zero-order valence-corrected chi connectivity index (χ0v) is 9.87. The lowest BCUT2D eigenvalue weighted by Gasteiger charge is -2.12. The average Bonchev–Trinajstić information content (AvgIpc) is 2.11. The quantitative estimate of drug-likeness (QED) is 0.681. The molecule has 0 aromatic heterocycles. The summed E-state index contributed by atoms with van der Waals surface area (Å²) < 4.78 is 16.3. The average molecular weight is 236 g/mol. The van der Waals surface area contributed by atoms with Gasteiger partial charge in [0.25, 0.3) is 0 Å². The van der Waals surface area contributed by atoms with Gasteiger partial charge in [0.1, 0.15) is 5.25 Å². The molecular weight excluding hydrogens is 220 g/mol. The second-order valence-electron chi connectivity index (χ2n) is 3.36. The number of aliphatic carboxylic acids is 1. The largest absolute Gasteiger partial charge is 0.481 e. The first-order valence-corrected chi connectivity index (χ1v) is 6.02.